The van der Waals surface area contributed by atoms with Gasteiger partial charge in [-0.05, 0) is 36.6 Å². The largest absolute Gasteiger partial charge is 0.435 e. The molecule has 182 valence electrons. The van der Waals surface area contributed by atoms with Gasteiger partial charge in [0.05, 0.1) is 11.4 Å². The summed E-state index contributed by atoms with van der Waals surface area (Å²) in [7, 11) is 0. The first kappa shape index (κ1) is 23.3. The Kier molecular flexibility index (Phi) is 6.20. The Morgan fingerprint density at radius 3 is 2.77 bits per heavy atom. The van der Waals surface area contributed by atoms with Crippen molar-refractivity contribution < 1.29 is 22.8 Å². The number of aromatic nitrogens is 3. The second-order valence-corrected chi connectivity index (χ2v) is 9.17. The first-order valence-electron chi connectivity index (χ1n) is 11.0. The van der Waals surface area contributed by atoms with E-state index in [4.69, 9.17) is 9.82 Å². The molecule has 0 saturated carbocycles. The van der Waals surface area contributed by atoms with Crippen LogP contribution in [0.1, 0.15) is 40.2 Å². The van der Waals surface area contributed by atoms with E-state index in [0.29, 0.717) is 25.2 Å². The monoisotopic (exact) mass is 501 g/mol. The summed E-state index contributed by atoms with van der Waals surface area (Å²) in [5.41, 5.74) is 5.94. The third kappa shape index (κ3) is 5.01. The molecular formula is C24H22F3N5O2S. The van der Waals surface area contributed by atoms with Crippen molar-refractivity contribution in [3.8, 4) is 0 Å². The molecule has 11 heteroatoms. The molecule has 1 amide bonds. The summed E-state index contributed by atoms with van der Waals surface area (Å²) >= 11 is 1.52. The maximum absolute atomic E-state index is 12.9. The average molecular weight is 502 g/mol. The molecule has 4 heterocycles. The molecular weight excluding hydrogens is 479 g/mol. The van der Waals surface area contributed by atoms with Crippen molar-refractivity contribution in [1.82, 2.24) is 25.1 Å². The minimum atomic E-state index is -4.53. The van der Waals surface area contributed by atoms with Crippen molar-refractivity contribution in [2.45, 2.75) is 32.2 Å². The van der Waals surface area contributed by atoms with E-state index in [9.17, 15) is 18.0 Å². The summed E-state index contributed by atoms with van der Waals surface area (Å²) in [5.74, 6) is -0.274. The highest BCUT2D eigenvalue weighted by atomic mass is 32.1. The molecule has 0 fully saturated rings. The third-order valence-electron chi connectivity index (χ3n) is 5.92. The van der Waals surface area contributed by atoms with Crippen LogP contribution in [0.25, 0.3) is 11.3 Å². The second-order valence-electron chi connectivity index (χ2n) is 8.31. The van der Waals surface area contributed by atoms with E-state index in [1.807, 2.05) is 47.9 Å². The quantitative estimate of drug-likeness (QED) is 0.553. The van der Waals surface area contributed by atoms with Gasteiger partial charge in [-0.2, -0.15) is 18.3 Å². The summed E-state index contributed by atoms with van der Waals surface area (Å²) in [5, 5.41) is 6.37. The van der Waals surface area contributed by atoms with Gasteiger partial charge in [-0.15, -0.1) is 11.3 Å². The van der Waals surface area contributed by atoms with E-state index < -0.39 is 11.9 Å². The molecule has 0 radical (unpaired) electrons. The fourth-order valence-electron chi connectivity index (χ4n) is 3.96. The van der Waals surface area contributed by atoms with Crippen LogP contribution in [0.3, 0.4) is 0 Å². The number of rotatable bonds is 5. The second kappa shape index (κ2) is 9.31. The fraction of sp³-hybridized carbons (Fsp3) is 0.292. The molecule has 1 aromatic carbocycles. The molecule has 0 saturated heterocycles. The molecule has 2 aromatic heterocycles. The number of amides is 1. The molecule has 0 spiro atoms. The highest BCUT2D eigenvalue weighted by molar-refractivity contribution is 7.10. The lowest BCUT2D eigenvalue weighted by atomic mass is 10.1. The minimum absolute atomic E-state index is 0.185. The zero-order chi connectivity index (χ0) is 24.6. The molecule has 3 aromatic rings. The van der Waals surface area contributed by atoms with Crippen LogP contribution < -0.4 is 5.48 Å². The molecule has 0 aliphatic carbocycles. The first-order valence-corrected chi connectivity index (χ1v) is 11.9. The van der Waals surface area contributed by atoms with Crippen molar-refractivity contribution >= 4 is 28.5 Å². The van der Waals surface area contributed by atoms with Crippen LogP contribution in [-0.2, 0) is 22.4 Å². The highest BCUT2D eigenvalue weighted by Gasteiger charge is 2.34. The lowest BCUT2D eigenvalue weighted by Gasteiger charge is -2.26. The van der Waals surface area contributed by atoms with Crippen molar-refractivity contribution in [1.29, 1.82) is 0 Å². The highest BCUT2D eigenvalue weighted by Crippen LogP contribution is 2.32. The number of nitrogens with zero attached hydrogens (tertiary/aromatic N) is 4. The normalized spacial score (nSPS) is 18.3. The van der Waals surface area contributed by atoms with Crippen LogP contribution >= 0.6 is 11.3 Å². The van der Waals surface area contributed by atoms with Gasteiger partial charge in [0.1, 0.15) is 17.7 Å². The zero-order valence-corrected chi connectivity index (χ0v) is 19.6. The van der Waals surface area contributed by atoms with Crippen molar-refractivity contribution in [3.63, 3.8) is 0 Å². The third-order valence-corrected chi connectivity index (χ3v) is 6.83. The molecule has 0 bridgehead atoms. The van der Waals surface area contributed by atoms with E-state index in [0.717, 1.165) is 38.3 Å². The number of hydroxylamine groups is 1. The van der Waals surface area contributed by atoms with Gasteiger partial charge in [-0.3, -0.25) is 19.8 Å². The van der Waals surface area contributed by atoms with Crippen LogP contribution in [-0.4, -0.2) is 38.7 Å². The SMILES string of the molecule is Cc1cc(C(F)(F)F)nn1CC(=O)N1CC=C(c2nc(C3=CC(c4ccccc4)ON3)cs2)CC1. The molecule has 5 rings (SSSR count). The van der Waals surface area contributed by atoms with E-state index in [1.165, 1.54) is 18.3 Å². The molecule has 1 atom stereocenters. The topological polar surface area (TPSA) is 72.3 Å². The Bertz CT molecular complexity index is 1300. The zero-order valence-electron chi connectivity index (χ0n) is 18.7. The summed E-state index contributed by atoms with van der Waals surface area (Å²) < 4.78 is 39.7. The van der Waals surface area contributed by atoms with Crippen LogP contribution in [0, 0.1) is 6.92 Å². The summed E-state index contributed by atoms with van der Waals surface area (Å²) in [6, 6.07) is 10.8. The number of hydrogen-bond acceptors (Lipinski definition) is 6. The molecule has 1 N–H and O–H groups in total. The summed E-state index contributed by atoms with van der Waals surface area (Å²) in [6.07, 6.45) is -0.172. The van der Waals surface area contributed by atoms with Crippen LogP contribution in [0.4, 0.5) is 13.2 Å². The van der Waals surface area contributed by atoms with E-state index >= 15 is 0 Å². The predicted molar refractivity (Wildman–Crippen MR) is 125 cm³/mol. The number of alkyl halides is 3. The van der Waals surface area contributed by atoms with Gasteiger partial charge in [0.25, 0.3) is 0 Å². The standard InChI is InChI=1S/C24H22F3N5O2S/c1-15-11-21(24(25,26)27)29-32(15)13-22(33)31-9-7-17(8-10-31)23-28-19(14-35-23)18-12-20(34-30-18)16-5-3-2-4-6-16/h2-7,11-12,14,20,30H,8-10,13H2,1H3. The number of benzene rings is 1. The molecule has 2 aliphatic heterocycles. The molecule has 2 aliphatic rings. The maximum Gasteiger partial charge on any atom is 0.435 e. The molecule has 35 heavy (non-hydrogen) atoms. The smallest absolute Gasteiger partial charge is 0.337 e. The Labute approximate surface area is 203 Å². The number of nitrogens with one attached hydrogen (secondary N) is 1. The number of halogens is 3. The number of aryl methyl sites for hydroxylation is 1. The first-order chi connectivity index (χ1) is 16.8. The lowest BCUT2D eigenvalue weighted by molar-refractivity contribution is -0.142. The molecule has 7 nitrogen and oxygen atoms in total. The fourth-order valence-corrected chi connectivity index (χ4v) is 4.85. The number of hydrogen-bond donors (Lipinski definition) is 1. The number of carbonyl (C=O) groups excluding carboxylic acids is 1. The van der Waals surface area contributed by atoms with Gasteiger partial charge in [0.2, 0.25) is 5.91 Å². The summed E-state index contributed by atoms with van der Waals surface area (Å²) in [6.45, 7) is 2.11. The minimum Gasteiger partial charge on any atom is -0.337 e. The van der Waals surface area contributed by atoms with Gasteiger partial charge in [-0.1, -0.05) is 36.4 Å². The van der Waals surface area contributed by atoms with Crippen molar-refractivity contribution in [3.05, 3.63) is 81.6 Å². The van der Waals surface area contributed by atoms with Crippen molar-refractivity contribution in [2.75, 3.05) is 13.1 Å². The molecule has 1 unspecified atom stereocenters. The van der Waals surface area contributed by atoms with E-state index in [-0.39, 0.29) is 18.6 Å². The van der Waals surface area contributed by atoms with Crippen LogP contribution in [0.5, 0.6) is 0 Å². The summed E-state index contributed by atoms with van der Waals surface area (Å²) in [4.78, 5) is 24.7. The Balaban J connectivity index is 1.22. The lowest BCUT2D eigenvalue weighted by Crippen LogP contribution is -2.37. The van der Waals surface area contributed by atoms with E-state index in [1.54, 1.807) is 4.90 Å². The van der Waals surface area contributed by atoms with Gasteiger partial charge < -0.3 is 4.90 Å². The van der Waals surface area contributed by atoms with Crippen LogP contribution in [0.15, 0.2) is 53.9 Å². The van der Waals surface area contributed by atoms with Gasteiger partial charge in [0.15, 0.2) is 5.69 Å². The van der Waals surface area contributed by atoms with Gasteiger partial charge >= 0.3 is 6.18 Å². The predicted octanol–water partition coefficient (Wildman–Crippen LogP) is 4.60. The van der Waals surface area contributed by atoms with Gasteiger partial charge in [-0.25, -0.2) is 4.98 Å². The maximum atomic E-state index is 12.9. The Hall–Kier alpha value is -3.44. The average Bonchev–Trinajstić information content (AvgIpc) is 3.60. The van der Waals surface area contributed by atoms with E-state index in [2.05, 4.69) is 10.6 Å². The number of thiazole rings is 1. The van der Waals surface area contributed by atoms with Crippen molar-refractivity contribution in [2.24, 2.45) is 0 Å². The number of carbonyl (C=O) groups is 1. The van der Waals surface area contributed by atoms with Gasteiger partial charge in [0, 0.05) is 24.2 Å². The van der Waals surface area contributed by atoms with Crippen LogP contribution in [0.2, 0.25) is 0 Å². The Morgan fingerprint density at radius 1 is 1.29 bits per heavy atom. The Morgan fingerprint density at radius 2 is 2.09 bits per heavy atom.